The third-order valence-electron chi connectivity index (χ3n) is 5.46. The smallest absolute Gasteiger partial charge is 0.276 e. The fraction of sp³-hybridized carbons (Fsp3) is 0.0417. The van der Waals surface area contributed by atoms with Crippen LogP contribution in [0.15, 0.2) is 79.8 Å². The van der Waals surface area contributed by atoms with Crippen molar-refractivity contribution in [2.75, 3.05) is 6.26 Å². The molecule has 0 aliphatic heterocycles. The number of thioether (sulfide) groups is 1. The Labute approximate surface area is 220 Å². The van der Waals surface area contributed by atoms with Gasteiger partial charge in [0, 0.05) is 10.0 Å². The molecule has 0 amide bonds. The van der Waals surface area contributed by atoms with Gasteiger partial charge in [0.15, 0.2) is 22.1 Å². The standard InChI is InChI=1S/C24H14BrN5O2S3/c1-34-23-27-16(18-19(32-11-26-18)12-7-9-13(25)10-8-12)15-17-20(35-21(15)29-23)22(31)30(24(33)28-17)14-5-3-2-4-6-14/h2-11H,1H3,(H,28,33). The Morgan fingerprint density at radius 3 is 2.60 bits per heavy atom. The lowest BCUT2D eigenvalue weighted by Crippen LogP contribution is -2.19. The summed E-state index contributed by atoms with van der Waals surface area (Å²) in [5, 5.41) is 1.27. The van der Waals surface area contributed by atoms with E-state index in [1.807, 2.05) is 60.9 Å². The fourth-order valence-electron chi connectivity index (χ4n) is 3.90. The highest BCUT2D eigenvalue weighted by Gasteiger charge is 2.24. The van der Waals surface area contributed by atoms with Crippen LogP contribution in [0, 0.1) is 4.77 Å². The van der Waals surface area contributed by atoms with E-state index in [0.29, 0.717) is 53.2 Å². The van der Waals surface area contributed by atoms with Gasteiger partial charge in [0.1, 0.15) is 20.9 Å². The van der Waals surface area contributed by atoms with Gasteiger partial charge in [-0.3, -0.25) is 9.36 Å². The van der Waals surface area contributed by atoms with Crippen molar-refractivity contribution in [2.45, 2.75) is 5.16 Å². The number of nitrogens with zero attached hydrogens (tertiary/aromatic N) is 4. The monoisotopic (exact) mass is 579 g/mol. The molecular formula is C24H14BrN5O2S3. The van der Waals surface area contributed by atoms with Crippen molar-refractivity contribution in [1.82, 2.24) is 24.5 Å². The SMILES string of the molecule is CSc1nc(-c2ncoc2-c2ccc(Br)cc2)c2c(n1)sc1c(=O)n(-c3ccccc3)c(=S)[nH]c12. The van der Waals surface area contributed by atoms with Gasteiger partial charge >= 0.3 is 0 Å². The molecule has 4 aromatic heterocycles. The highest BCUT2D eigenvalue weighted by atomic mass is 79.9. The lowest BCUT2D eigenvalue weighted by Gasteiger charge is -2.07. The fourth-order valence-corrected chi connectivity index (χ4v) is 5.94. The Morgan fingerprint density at radius 2 is 1.86 bits per heavy atom. The Hall–Kier alpha value is -3.12. The number of hydrogen-bond donors (Lipinski definition) is 1. The quantitative estimate of drug-likeness (QED) is 0.138. The molecule has 0 aliphatic rings. The lowest BCUT2D eigenvalue weighted by molar-refractivity contribution is 0.572. The molecule has 0 saturated heterocycles. The van der Waals surface area contributed by atoms with Crippen molar-refractivity contribution in [2.24, 2.45) is 0 Å². The molecule has 0 fully saturated rings. The molecule has 1 N–H and O–H groups in total. The molecule has 6 rings (SSSR count). The largest absolute Gasteiger partial charge is 0.443 e. The average molecular weight is 581 g/mol. The highest BCUT2D eigenvalue weighted by Crippen LogP contribution is 2.40. The predicted octanol–water partition coefficient (Wildman–Crippen LogP) is 6.86. The first-order chi connectivity index (χ1) is 17.0. The van der Waals surface area contributed by atoms with Crippen LogP contribution >= 0.6 is 51.2 Å². The van der Waals surface area contributed by atoms with Crippen molar-refractivity contribution in [3.8, 4) is 28.4 Å². The third-order valence-corrected chi connectivity index (χ3v) is 7.89. The van der Waals surface area contributed by atoms with E-state index in [9.17, 15) is 4.79 Å². The second kappa shape index (κ2) is 8.83. The van der Waals surface area contributed by atoms with Crippen LogP contribution in [0.3, 0.4) is 0 Å². The van der Waals surface area contributed by atoms with Gasteiger partial charge < -0.3 is 9.40 Å². The van der Waals surface area contributed by atoms with Crippen LogP contribution in [-0.4, -0.2) is 30.8 Å². The number of aromatic nitrogens is 5. The summed E-state index contributed by atoms with van der Waals surface area (Å²) in [6.07, 6.45) is 3.31. The summed E-state index contributed by atoms with van der Waals surface area (Å²) in [5.41, 5.74) is 3.10. The minimum absolute atomic E-state index is 0.206. The van der Waals surface area contributed by atoms with Crippen LogP contribution in [0.5, 0.6) is 0 Å². The summed E-state index contributed by atoms with van der Waals surface area (Å²) in [4.78, 5) is 31.5. The maximum absolute atomic E-state index is 13.6. The predicted molar refractivity (Wildman–Crippen MR) is 146 cm³/mol. The first-order valence-corrected chi connectivity index (χ1v) is 13.6. The van der Waals surface area contributed by atoms with Gasteiger partial charge in [-0.05, 0) is 42.7 Å². The van der Waals surface area contributed by atoms with Gasteiger partial charge in [-0.25, -0.2) is 15.0 Å². The van der Waals surface area contributed by atoms with E-state index in [-0.39, 0.29) is 5.56 Å². The third kappa shape index (κ3) is 3.75. The molecule has 6 aromatic rings. The van der Waals surface area contributed by atoms with E-state index in [4.69, 9.17) is 26.6 Å². The van der Waals surface area contributed by atoms with Gasteiger partial charge in [0.25, 0.3) is 5.56 Å². The number of halogens is 1. The first kappa shape index (κ1) is 22.4. The number of benzene rings is 2. The summed E-state index contributed by atoms with van der Waals surface area (Å²) in [6, 6.07) is 17.1. The number of fused-ring (bicyclic) bond motifs is 3. The summed E-state index contributed by atoms with van der Waals surface area (Å²) in [7, 11) is 0. The number of rotatable bonds is 4. The maximum atomic E-state index is 13.6. The van der Waals surface area contributed by atoms with E-state index in [2.05, 4.69) is 25.9 Å². The second-order valence-electron chi connectivity index (χ2n) is 7.49. The van der Waals surface area contributed by atoms with Gasteiger partial charge in [-0.2, -0.15) is 0 Å². The van der Waals surface area contributed by atoms with E-state index < -0.39 is 0 Å². The number of para-hydroxylation sites is 1. The minimum atomic E-state index is -0.206. The van der Waals surface area contributed by atoms with Crippen molar-refractivity contribution in [3.63, 3.8) is 0 Å². The normalized spacial score (nSPS) is 11.5. The Morgan fingerprint density at radius 1 is 1.09 bits per heavy atom. The van der Waals surface area contributed by atoms with E-state index >= 15 is 0 Å². The van der Waals surface area contributed by atoms with Crippen molar-refractivity contribution < 1.29 is 4.42 Å². The number of oxazole rings is 1. The zero-order chi connectivity index (χ0) is 24.1. The number of nitrogens with one attached hydrogen (secondary N) is 1. The Kier molecular flexibility index (Phi) is 5.64. The topological polar surface area (TPSA) is 89.6 Å². The Balaban J connectivity index is 1.68. The van der Waals surface area contributed by atoms with Gasteiger partial charge in [0.05, 0.1) is 16.6 Å². The molecule has 0 saturated carbocycles. The molecule has 0 bridgehead atoms. The summed E-state index contributed by atoms with van der Waals surface area (Å²) < 4.78 is 9.06. The van der Waals surface area contributed by atoms with Crippen LogP contribution in [0.2, 0.25) is 0 Å². The molecule has 0 unspecified atom stereocenters. The van der Waals surface area contributed by atoms with E-state index in [0.717, 1.165) is 10.0 Å². The lowest BCUT2D eigenvalue weighted by atomic mass is 10.1. The van der Waals surface area contributed by atoms with Gasteiger partial charge in [-0.15, -0.1) is 11.3 Å². The van der Waals surface area contributed by atoms with E-state index in [1.165, 1.54) is 34.1 Å². The van der Waals surface area contributed by atoms with Crippen LogP contribution in [0.1, 0.15) is 0 Å². The van der Waals surface area contributed by atoms with Crippen LogP contribution in [0.4, 0.5) is 0 Å². The van der Waals surface area contributed by atoms with Crippen LogP contribution in [-0.2, 0) is 0 Å². The zero-order valence-electron chi connectivity index (χ0n) is 18.0. The number of hydrogen-bond acceptors (Lipinski definition) is 8. The molecule has 2 aromatic carbocycles. The molecule has 0 atom stereocenters. The molecule has 4 heterocycles. The molecular weight excluding hydrogens is 566 g/mol. The second-order valence-corrected chi connectivity index (χ2v) is 10.6. The van der Waals surface area contributed by atoms with Crippen LogP contribution in [0.25, 0.3) is 48.8 Å². The summed E-state index contributed by atoms with van der Waals surface area (Å²) in [5.74, 6) is 0.583. The van der Waals surface area contributed by atoms with Crippen molar-refractivity contribution >= 4 is 71.7 Å². The van der Waals surface area contributed by atoms with Crippen LogP contribution < -0.4 is 5.56 Å². The number of H-pyrrole nitrogens is 1. The molecule has 0 aliphatic carbocycles. The first-order valence-electron chi connectivity index (χ1n) is 10.3. The van der Waals surface area contributed by atoms with Gasteiger partial charge in [0.2, 0.25) is 0 Å². The summed E-state index contributed by atoms with van der Waals surface area (Å²) in [6.45, 7) is 0. The highest BCUT2D eigenvalue weighted by molar-refractivity contribution is 9.10. The van der Waals surface area contributed by atoms with Gasteiger partial charge in [-0.1, -0.05) is 58.0 Å². The zero-order valence-corrected chi connectivity index (χ0v) is 22.0. The molecule has 35 heavy (non-hydrogen) atoms. The minimum Gasteiger partial charge on any atom is -0.443 e. The molecule has 11 heteroatoms. The molecule has 0 spiro atoms. The average Bonchev–Trinajstić information content (AvgIpc) is 3.50. The molecule has 0 radical (unpaired) electrons. The van der Waals surface area contributed by atoms with E-state index in [1.54, 1.807) is 0 Å². The maximum Gasteiger partial charge on any atom is 0.276 e. The Bertz CT molecular complexity index is 1840. The number of thiophene rings is 1. The molecule has 7 nitrogen and oxygen atoms in total. The molecule has 172 valence electrons. The number of aromatic amines is 1. The van der Waals surface area contributed by atoms with Crippen molar-refractivity contribution in [1.29, 1.82) is 0 Å². The van der Waals surface area contributed by atoms with Crippen molar-refractivity contribution in [3.05, 3.63) is 80.6 Å². The summed E-state index contributed by atoms with van der Waals surface area (Å²) >= 11 is 11.8.